The lowest BCUT2D eigenvalue weighted by atomic mass is 10.1. The highest BCUT2D eigenvalue weighted by Gasteiger charge is 2.24. The molecule has 0 saturated carbocycles. The minimum atomic E-state index is -0.507. The van der Waals surface area contributed by atoms with Crippen LogP contribution in [0.25, 0.3) is 10.9 Å². The number of amides is 2. The molecule has 0 atom stereocenters. The molecule has 0 spiro atoms. The van der Waals surface area contributed by atoms with Crippen LogP contribution < -0.4 is 15.4 Å². The lowest BCUT2D eigenvalue weighted by Crippen LogP contribution is -2.48. The Hall–Kier alpha value is -3.55. The lowest BCUT2D eigenvalue weighted by Gasteiger charge is -2.36. The van der Waals surface area contributed by atoms with E-state index in [4.69, 9.17) is 10.5 Å². The number of halogens is 1. The molecule has 1 aliphatic rings. The Morgan fingerprint density at radius 3 is 2.48 bits per heavy atom. The van der Waals surface area contributed by atoms with E-state index in [2.05, 4.69) is 4.98 Å². The fourth-order valence-corrected chi connectivity index (χ4v) is 3.59. The van der Waals surface area contributed by atoms with Gasteiger partial charge in [-0.05, 0) is 36.4 Å². The molecule has 1 aromatic heterocycles. The van der Waals surface area contributed by atoms with Crippen LogP contribution in [0.4, 0.5) is 10.1 Å². The first-order chi connectivity index (χ1) is 14.0. The Morgan fingerprint density at radius 1 is 1.07 bits per heavy atom. The normalized spacial score (nSPS) is 14.3. The van der Waals surface area contributed by atoms with E-state index < -0.39 is 11.7 Å². The average Bonchev–Trinajstić information content (AvgIpc) is 3.16. The number of nitrogens with zero attached hydrogens (tertiary/aromatic N) is 2. The molecular formula is C21H21FN4O3. The number of nitrogens with one attached hydrogen (secondary N) is 1. The Morgan fingerprint density at radius 2 is 1.83 bits per heavy atom. The van der Waals surface area contributed by atoms with E-state index in [1.165, 1.54) is 13.2 Å². The van der Waals surface area contributed by atoms with Crippen molar-refractivity contribution in [1.82, 2.24) is 9.88 Å². The minimum absolute atomic E-state index is 0.109. The smallest absolute Gasteiger partial charge is 0.270 e. The second kappa shape index (κ2) is 7.46. The van der Waals surface area contributed by atoms with E-state index >= 15 is 0 Å². The van der Waals surface area contributed by atoms with Gasteiger partial charge in [-0.3, -0.25) is 9.59 Å². The zero-order chi connectivity index (χ0) is 20.5. The summed E-state index contributed by atoms with van der Waals surface area (Å²) < 4.78 is 18.9. The summed E-state index contributed by atoms with van der Waals surface area (Å²) in [5.41, 5.74) is 7.71. The number of methoxy groups -OCH3 is 1. The summed E-state index contributed by atoms with van der Waals surface area (Å²) >= 11 is 0. The van der Waals surface area contributed by atoms with Gasteiger partial charge in [0.05, 0.1) is 7.11 Å². The lowest BCUT2D eigenvalue weighted by molar-refractivity contribution is 0.0741. The van der Waals surface area contributed by atoms with Crippen LogP contribution in [-0.2, 0) is 0 Å². The molecule has 8 heteroatoms. The first-order valence-electron chi connectivity index (χ1n) is 9.26. The van der Waals surface area contributed by atoms with Gasteiger partial charge in [-0.25, -0.2) is 4.39 Å². The molecular weight excluding hydrogens is 375 g/mol. The molecule has 2 heterocycles. The van der Waals surface area contributed by atoms with Crippen molar-refractivity contribution in [3.8, 4) is 5.75 Å². The second-order valence-corrected chi connectivity index (χ2v) is 6.95. The van der Waals surface area contributed by atoms with E-state index in [1.807, 2.05) is 11.0 Å². The molecule has 0 radical (unpaired) electrons. The first-order valence-corrected chi connectivity index (χ1v) is 9.26. The molecule has 2 aromatic carbocycles. The van der Waals surface area contributed by atoms with Crippen LogP contribution >= 0.6 is 0 Å². The fourth-order valence-electron chi connectivity index (χ4n) is 3.59. The maximum atomic E-state index is 14.0. The number of hydrogen-bond donors (Lipinski definition) is 2. The summed E-state index contributed by atoms with van der Waals surface area (Å²) in [7, 11) is 1.43. The first kappa shape index (κ1) is 18.8. The number of aromatic nitrogens is 1. The molecule has 3 aromatic rings. The summed E-state index contributed by atoms with van der Waals surface area (Å²) in [4.78, 5) is 31.1. The summed E-state index contributed by atoms with van der Waals surface area (Å²) in [6, 6.07) is 11.6. The van der Waals surface area contributed by atoms with Crippen molar-refractivity contribution < 1.29 is 18.7 Å². The van der Waals surface area contributed by atoms with Crippen molar-refractivity contribution in [2.24, 2.45) is 5.73 Å². The number of fused-ring (bicyclic) bond motifs is 1. The van der Waals surface area contributed by atoms with E-state index in [0.29, 0.717) is 37.4 Å². The van der Waals surface area contributed by atoms with Gasteiger partial charge < -0.3 is 25.3 Å². The number of carbonyl (C=O) groups is 2. The van der Waals surface area contributed by atoms with Gasteiger partial charge >= 0.3 is 0 Å². The third kappa shape index (κ3) is 3.61. The Labute approximate surface area is 166 Å². The molecule has 4 rings (SSSR count). The SMILES string of the molecule is COc1ccc(N2CCN(C(=O)c3cc4cc(C(N)=O)ccc4[nH]3)CC2)cc1F. The van der Waals surface area contributed by atoms with Crippen LogP contribution in [0.2, 0.25) is 0 Å². The van der Waals surface area contributed by atoms with Crippen molar-refractivity contribution in [1.29, 1.82) is 0 Å². The summed E-state index contributed by atoms with van der Waals surface area (Å²) in [6.07, 6.45) is 0. The fraction of sp³-hybridized carbons (Fsp3) is 0.238. The van der Waals surface area contributed by atoms with Gasteiger partial charge in [0, 0.05) is 54.4 Å². The van der Waals surface area contributed by atoms with Crippen LogP contribution in [0, 0.1) is 5.82 Å². The molecule has 150 valence electrons. The van der Waals surface area contributed by atoms with Crippen LogP contribution in [0.15, 0.2) is 42.5 Å². The average molecular weight is 396 g/mol. The monoisotopic (exact) mass is 396 g/mol. The molecule has 1 fully saturated rings. The highest BCUT2D eigenvalue weighted by molar-refractivity contribution is 6.01. The number of aromatic amines is 1. The maximum absolute atomic E-state index is 14.0. The molecule has 29 heavy (non-hydrogen) atoms. The molecule has 0 bridgehead atoms. The number of piperazine rings is 1. The van der Waals surface area contributed by atoms with Gasteiger partial charge in [-0.2, -0.15) is 0 Å². The van der Waals surface area contributed by atoms with Crippen LogP contribution in [0.1, 0.15) is 20.8 Å². The second-order valence-electron chi connectivity index (χ2n) is 6.95. The highest BCUT2D eigenvalue weighted by atomic mass is 19.1. The standard InChI is InChI=1S/C21H21FN4O3/c1-29-19-5-3-15(12-16(19)22)25-6-8-26(9-7-25)21(28)18-11-14-10-13(20(23)27)2-4-17(14)24-18/h2-5,10-12,24H,6-9H2,1H3,(H2,23,27). The van der Waals surface area contributed by atoms with Crippen LogP contribution in [-0.4, -0.2) is 55.0 Å². The molecule has 1 aliphatic heterocycles. The quantitative estimate of drug-likeness (QED) is 0.708. The van der Waals surface area contributed by atoms with Gasteiger partial charge in [0.25, 0.3) is 5.91 Å². The number of anilines is 1. The van der Waals surface area contributed by atoms with Crippen molar-refractivity contribution in [2.45, 2.75) is 0 Å². The Bertz CT molecular complexity index is 1090. The molecule has 7 nitrogen and oxygen atoms in total. The molecule has 3 N–H and O–H groups in total. The van der Waals surface area contributed by atoms with Crippen molar-refractivity contribution >= 4 is 28.4 Å². The van der Waals surface area contributed by atoms with Gasteiger partial charge in [0.1, 0.15) is 5.69 Å². The maximum Gasteiger partial charge on any atom is 0.270 e. The molecule has 1 saturated heterocycles. The van der Waals surface area contributed by atoms with Crippen molar-refractivity contribution in [3.05, 3.63) is 59.5 Å². The largest absolute Gasteiger partial charge is 0.494 e. The van der Waals surface area contributed by atoms with E-state index in [-0.39, 0.29) is 11.7 Å². The zero-order valence-corrected chi connectivity index (χ0v) is 15.9. The van der Waals surface area contributed by atoms with E-state index in [0.717, 1.165) is 16.6 Å². The number of carbonyl (C=O) groups excluding carboxylic acids is 2. The third-order valence-corrected chi connectivity index (χ3v) is 5.20. The number of primary amides is 1. The number of benzene rings is 2. The zero-order valence-electron chi connectivity index (χ0n) is 15.9. The number of H-pyrrole nitrogens is 1. The van der Waals surface area contributed by atoms with Crippen molar-refractivity contribution in [2.75, 3.05) is 38.2 Å². The number of ether oxygens (including phenoxy) is 1. The summed E-state index contributed by atoms with van der Waals surface area (Å²) in [6.45, 7) is 2.25. The van der Waals surface area contributed by atoms with Crippen LogP contribution in [0.5, 0.6) is 5.75 Å². The molecule has 2 amide bonds. The number of hydrogen-bond acceptors (Lipinski definition) is 4. The van der Waals surface area contributed by atoms with Gasteiger partial charge in [0.15, 0.2) is 11.6 Å². The third-order valence-electron chi connectivity index (χ3n) is 5.20. The predicted molar refractivity (Wildman–Crippen MR) is 108 cm³/mol. The van der Waals surface area contributed by atoms with Gasteiger partial charge in [-0.15, -0.1) is 0 Å². The van der Waals surface area contributed by atoms with Crippen LogP contribution in [0.3, 0.4) is 0 Å². The molecule has 0 aliphatic carbocycles. The van der Waals surface area contributed by atoms with E-state index in [9.17, 15) is 14.0 Å². The minimum Gasteiger partial charge on any atom is -0.494 e. The Balaban J connectivity index is 1.45. The summed E-state index contributed by atoms with van der Waals surface area (Å²) in [5, 5.41) is 0.761. The van der Waals surface area contributed by atoms with E-state index in [1.54, 1.807) is 35.2 Å². The predicted octanol–water partition coefficient (Wildman–Crippen LogP) is 2.38. The number of rotatable bonds is 4. The van der Waals surface area contributed by atoms with Crippen molar-refractivity contribution in [3.63, 3.8) is 0 Å². The Kier molecular flexibility index (Phi) is 4.84. The number of nitrogens with two attached hydrogens (primary N) is 1. The van der Waals surface area contributed by atoms with Gasteiger partial charge in [-0.1, -0.05) is 0 Å². The van der Waals surface area contributed by atoms with Gasteiger partial charge in [0.2, 0.25) is 5.91 Å². The molecule has 0 unspecified atom stereocenters. The highest BCUT2D eigenvalue weighted by Crippen LogP contribution is 2.25. The summed E-state index contributed by atoms with van der Waals surface area (Å²) in [5.74, 6) is -0.813. The topological polar surface area (TPSA) is 91.7 Å².